The molecule has 3 heteroatoms. The lowest BCUT2D eigenvalue weighted by Gasteiger charge is -2.31. The number of ether oxygens (including phenoxy) is 1. The van der Waals surface area contributed by atoms with Crippen molar-refractivity contribution in [3.8, 4) is 11.8 Å². The van der Waals surface area contributed by atoms with Crippen LogP contribution in [0.4, 0.5) is 0 Å². The summed E-state index contributed by atoms with van der Waals surface area (Å²) < 4.78 is 5.71. The highest BCUT2D eigenvalue weighted by Gasteiger charge is 2.17. The summed E-state index contributed by atoms with van der Waals surface area (Å²) in [6.07, 6.45) is 7.94. The molecular formula is C17H24N2O. The molecule has 1 aliphatic carbocycles. The molecule has 0 unspecified atom stereocenters. The maximum Gasteiger partial charge on any atom is 0.119 e. The molecule has 3 nitrogen and oxygen atoms in total. The zero-order valence-electron chi connectivity index (χ0n) is 12.3. The van der Waals surface area contributed by atoms with E-state index in [1.807, 2.05) is 12.1 Å². The van der Waals surface area contributed by atoms with E-state index in [0.29, 0.717) is 5.56 Å². The van der Waals surface area contributed by atoms with E-state index in [9.17, 15) is 0 Å². The van der Waals surface area contributed by atoms with Crippen molar-refractivity contribution in [2.75, 3.05) is 20.2 Å². The molecule has 2 rings (SSSR count). The zero-order valence-corrected chi connectivity index (χ0v) is 12.3. The molecule has 0 radical (unpaired) electrons. The van der Waals surface area contributed by atoms with Gasteiger partial charge in [-0.1, -0.05) is 19.3 Å². The van der Waals surface area contributed by atoms with Crippen molar-refractivity contribution >= 4 is 0 Å². The Balaban J connectivity index is 1.64. The Morgan fingerprint density at radius 3 is 2.55 bits per heavy atom. The molecule has 1 aliphatic rings. The largest absolute Gasteiger partial charge is 0.494 e. The van der Waals surface area contributed by atoms with E-state index in [1.54, 1.807) is 12.1 Å². The maximum atomic E-state index is 8.73. The molecule has 0 amide bonds. The topological polar surface area (TPSA) is 36.3 Å². The van der Waals surface area contributed by atoms with Gasteiger partial charge in [-0.2, -0.15) is 5.26 Å². The van der Waals surface area contributed by atoms with E-state index in [-0.39, 0.29) is 0 Å². The number of hydrogen-bond acceptors (Lipinski definition) is 3. The molecule has 1 fully saturated rings. The molecule has 1 aromatic carbocycles. The van der Waals surface area contributed by atoms with Crippen LogP contribution in [-0.4, -0.2) is 31.1 Å². The van der Waals surface area contributed by atoms with Gasteiger partial charge < -0.3 is 9.64 Å². The average molecular weight is 272 g/mol. The minimum Gasteiger partial charge on any atom is -0.494 e. The van der Waals surface area contributed by atoms with Gasteiger partial charge in [-0.05, 0) is 50.6 Å². The molecular weight excluding hydrogens is 248 g/mol. The van der Waals surface area contributed by atoms with Gasteiger partial charge in [0, 0.05) is 12.6 Å². The Morgan fingerprint density at radius 2 is 1.90 bits per heavy atom. The summed E-state index contributed by atoms with van der Waals surface area (Å²) in [5.74, 6) is 0.851. The van der Waals surface area contributed by atoms with Crippen molar-refractivity contribution in [2.45, 2.75) is 44.6 Å². The summed E-state index contributed by atoms with van der Waals surface area (Å²) >= 11 is 0. The van der Waals surface area contributed by atoms with Gasteiger partial charge in [0.25, 0.3) is 0 Å². The van der Waals surface area contributed by atoms with Gasteiger partial charge in [0.05, 0.1) is 18.2 Å². The van der Waals surface area contributed by atoms with Crippen LogP contribution < -0.4 is 4.74 Å². The van der Waals surface area contributed by atoms with Crippen LogP contribution in [0.1, 0.15) is 44.1 Å². The van der Waals surface area contributed by atoms with Crippen molar-refractivity contribution in [2.24, 2.45) is 0 Å². The van der Waals surface area contributed by atoms with Crippen molar-refractivity contribution < 1.29 is 4.74 Å². The normalized spacial score (nSPS) is 16.1. The number of nitriles is 1. The van der Waals surface area contributed by atoms with Crippen LogP contribution in [-0.2, 0) is 0 Å². The van der Waals surface area contributed by atoms with Gasteiger partial charge in [0.1, 0.15) is 5.75 Å². The molecule has 1 saturated carbocycles. The van der Waals surface area contributed by atoms with Crippen molar-refractivity contribution in [3.05, 3.63) is 29.8 Å². The smallest absolute Gasteiger partial charge is 0.119 e. The zero-order chi connectivity index (χ0) is 14.2. The van der Waals surface area contributed by atoms with Gasteiger partial charge >= 0.3 is 0 Å². The first-order valence-electron chi connectivity index (χ1n) is 7.63. The van der Waals surface area contributed by atoms with Gasteiger partial charge in [0.2, 0.25) is 0 Å². The second kappa shape index (κ2) is 7.91. The molecule has 0 aliphatic heterocycles. The lowest BCUT2D eigenvalue weighted by molar-refractivity contribution is 0.177. The first-order valence-corrected chi connectivity index (χ1v) is 7.63. The fourth-order valence-corrected chi connectivity index (χ4v) is 2.83. The SMILES string of the molecule is CN(CCCOc1ccc(C#N)cc1)C1CCCCC1. The Hall–Kier alpha value is -1.53. The average Bonchev–Trinajstić information content (AvgIpc) is 2.53. The van der Waals surface area contributed by atoms with Crippen LogP contribution in [0.15, 0.2) is 24.3 Å². The summed E-state index contributed by atoms with van der Waals surface area (Å²) in [5.41, 5.74) is 0.675. The Bertz CT molecular complexity index is 429. The van der Waals surface area contributed by atoms with Gasteiger partial charge in [-0.3, -0.25) is 0 Å². The Kier molecular flexibility index (Phi) is 5.88. The van der Waals surface area contributed by atoms with Crippen LogP contribution >= 0.6 is 0 Å². The van der Waals surface area contributed by atoms with Crippen molar-refractivity contribution in [1.82, 2.24) is 4.90 Å². The predicted molar refractivity (Wildman–Crippen MR) is 80.8 cm³/mol. The molecule has 0 saturated heterocycles. The first kappa shape index (κ1) is 14.9. The molecule has 108 valence electrons. The molecule has 0 bridgehead atoms. The number of rotatable bonds is 6. The second-order valence-electron chi connectivity index (χ2n) is 5.61. The monoisotopic (exact) mass is 272 g/mol. The third-order valence-corrected chi connectivity index (χ3v) is 4.11. The summed E-state index contributed by atoms with van der Waals surface area (Å²) in [6.45, 7) is 1.84. The van der Waals surface area contributed by atoms with Crippen molar-refractivity contribution in [1.29, 1.82) is 5.26 Å². The summed E-state index contributed by atoms with van der Waals surface area (Å²) in [6, 6.07) is 10.2. The van der Waals surface area contributed by atoms with Gasteiger partial charge in [-0.15, -0.1) is 0 Å². The molecule has 0 spiro atoms. The van der Waals surface area contributed by atoms with E-state index in [4.69, 9.17) is 10.00 Å². The lowest BCUT2D eigenvalue weighted by Crippen LogP contribution is -2.34. The molecule has 20 heavy (non-hydrogen) atoms. The molecule has 0 heterocycles. The summed E-state index contributed by atoms with van der Waals surface area (Å²) in [5, 5.41) is 8.73. The number of nitrogens with zero attached hydrogens (tertiary/aromatic N) is 2. The second-order valence-corrected chi connectivity index (χ2v) is 5.61. The van der Waals surface area contributed by atoms with Crippen molar-refractivity contribution in [3.63, 3.8) is 0 Å². The van der Waals surface area contributed by atoms with E-state index >= 15 is 0 Å². The Labute approximate surface area is 122 Å². The first-order chi connectivity index (χ1) is 9.79. The quantitative estimate of drug-likeness (QED) is 0.742. The number of hydrogen-bond donors (Lipinski definition) is 0. The fourth-order valence-electron chi connectivity index (χ4n) is 2.83. The third-order valence-electron chi connectivity index (χ3n) is 4.11. The molecule has 1 aromatic rings. The Morgan fingerprint density at radius 1 is 1.20 bits per heavy atom. The molecule has 0 N–H and O–H groups in total. The highest BCUT2D eigenvalue weighted by molar-refractivity contribution is 5.34. The van der Waals surface area contributed by atoms with Crippen LogP contribution in [0.5, 0.6) is 5.75 Å². The standard InChI is InChI=1S/C17H24N2O/c1-19(16-6-3-2-4-7-16)12-5-13-20-17-10-8-15(14-18)9-11-17/h8-11,16H,2-7,12-13H2,1H3. The molecule has 0 aromatic heterocycles. The van der Waals surface area contributed by atoms with Crippen LogP contribution in [0.2, 0.25) is 0 Å². The minimum absolute atomic E-state index is 0.675. The highest BCUT2D eigenvalue weighted by atomic mass is 16.5. The summed E-state index contributed by atoms with van der Waals surface area (Å²) in [4.78, 5) is 2.49. The van der Waals surface area contributed by atoms with Crippen LogP contribution in [0, 0.1) is 11.3 Å². The van der Waals surface area contributed by atoms with E-state index < -0.39 is 0 Å². The summed E-state index contributed by atoms with van der Waals surface area (Å²) in [7, 11) is 2.23. The highest BCUT2D eigenvalue weighted by Crippen LogP contribution is 2.21. The van der Waals surface area contributed by atoms with Gasteiger partial charge in [-0.25, -0.2) is 0 Å². The minimum atomic E-state index is 0.675. The predicted octanol–water partition coefficient (Wildman–Crippen LogP) is 3.59. The van der Waals surface area contributed by atoms with Gasteiger partial charge in [0.15, 0.2) is 0 Å². The third kappa shape index (κ3) is 4.54. The maximum absolute atomic E-state index is 8.73. The van der Waals surface area contributed by atoms with Crippen LogP contribution in [0.25, 0.3) is 0 Å². The van der Waals surface area contributed by atoms with Crippen LogP contribution in [0.3, 0.4) is 0 Å². The fraction of sp³-hybridized carbons (Fsp3) is 0.588. The van der Waals surface area contributed by atoms with E-state index in [1.165, 1.54) is 32.1 Å². The van der Waals surface area contributed by atoms with E-state index in [0.717, 1.165) is 31.4 Å². The lowest BCUT2D eigenvalue weighted by atomic mass is 9.94. The number of benzene rings is 1. The molecule has 0 atom stereocenters. The van der Waals surface area contributed by atoms with E-state index in [2.05, 4.69) is 18.0 Å².